The molecule has 1 heterocycles. The van der Waals surface area contributed by atoms with Crippen molar-refractivity contribution in [2.45, 2.75) is 59.8 Å². The van der Waals surface area contributed by atoms with Crippen molar-refractivity contribution < 1.29 is 47.9 Å². The first-order valence-electron chi connectivity index (χ1n) is 20.8. The second-order valence-electron chi connectivity index (χ2n) is 15.8. The molecule has 1 atom stereocenters. The number of benzene rings is 2. The maximum Gasteiger partial charge on any atom is 0.250 e. The monoisotopic (exact) mass is 831 g/mol. The molecule has 0 aliphatic heterocycles. The molecule has 0 fully saturated rings. The number of aromatic nitrogens is 2. The molecule has 5 rings (SSSR count). The Balaban J connectivity index is 0.826. The second kappa shape index (κ2) is 23.1. The zero-order chi connectivity index (χ0) is 42.9. The topological polar surface area (TPSA) is 195 Å². The van der Waals surface area contributed by atoms with Crippen LogP contribution in [0.25, 0.3) is 5.69 Å². The van der Waals surface area contributed by atoms with E-state index in [1.54, 1.807) is 36.4 Å². The summed E-state index contributed by atoms with van der Waals surface area (Å²) in [5.41, 5.74) is 10.3. The van der Waals surface area contributed by atoms with Gasteiger partial charge in [-0.2, -0.15) is 5.10 Å². The van der Waals surface area contributed by atoms with E-state index in [1.807, 2.05) is 36.7 Å². The minimum Gasteiger partial charge on any atom is -0.508 e. The van der Waals surface area contributed by atoms with Crippen LogP contribution in [0.3, 0.4) is 0 Å². The molecule has 2 amide bonds. The van der Waals surface area contributed by atoms with Gasteiger partial charge in [0.2, 0.25) is 5.91 Å². The molecule has 0 bridgehead atoms. The van der Waals surface area contributed by atoms with E-state index in [0.717, 1.165) is 29.1 Å². The first-order chi connectivity index (χ1) is 28.9. The lowest BCUT2D eigenvalue weighted by atomic mass is 9.75. The smallest absolute Gasteiger partial charge is 0.250 e. The van der Waals surface area contributed by atoms with E-state index in [0.29, 0.717) is 133 Å². The molecule has 1 unspecified atom stereocenters. The van der Waals surface area contributed by atoms with Crippen molar-refractivity contribution in [2.24, 2.45) is 17.1 Å². The average Bonchev–Trinajstić information content (AvgIpc) is 3.53. The van der Waals surface area contributed by atoms with Crippen molar-refractivity contribution in [3.05, 3.63) is 88.5 Å². The number of hydrogen-bond donors (Lipinski definition) is 4. The van der Waals surface area contributed by atoms with Crippen LogP contribution in [0.15, 0.2) is 65.9 Å². The van der Waals surface area contributed by atoms with Gasteiger partial charge >= 0.3 is 0 Å². The molecule has 0 radical (unpaired) electrons. The maximum atomic E-state index is 12.9. The number of primary amides is 1. The number of fused-ring (bicyclic) bond motifs is 1. The van der Waals surface area contributed by atoms with Gasteiger partial charge in [0.25, 0.3) is 5.91 Å². The molecule has 15 heteroatoms. The summed E-state index contributed by atoms with van der Waals surface area (Å²) in [5, 5.41) is 20.4. The van der Waals surface area contributed by atoms with Gasteiger partial charge in [0.1, 0.15) is 17.3 Å². The minimum atomic E-state index is -0.529. The molecule has 3 aromatic rings. The Hall–Kier alpha value is -5.06. The third kappa shape index (κ3) is 14.0. The van der Waals surface area contributed by atoms with Crippen LogP contribution in [0.2, 0.25) is 0 Å². The van der Waals surface area contributed by atoms with Crippen molar-refractivity contribution in [1.29, 1.82) is 0 Å². The van der Waals surface area contributed by atoms with E-state index in [9.17, 15) is 19.5 Å². The van der Waals surface area contributed by atoms with E-state index in [-0.39, 0.29) is 28.8 Å². The van der Waals surface area contributed by atoms with Crippen LogP contribution < -0.4 is 21.1 Å². The van der Waals surface area contributed by atoms with Crippen LogP contribution in [-0.2, 0) is 34.9 Å². The van der Waals surface area contributed by atoms with Gasteiger partial charge in [-0.25, -0.2) is 4.68 Å². The van der Waals surface area contributed by atoms with Gasteiger partial charge in [-0.1, -0.05) is 20.8 Å². The Morgan fingerprint density at radius 2 is 1.45 bits per heavy atom. The number of nitrogens with zero attached hydrogens (tertiary/aromatic N) is 2. The summed E-state index contributed by atoms with van der Waals surface area (Å²) in [7, 11) is 0. The fourth-order valence-electron chi connectivity index (χ4n) is 7.10. The van der Waals surface area contributed by atoms with Crippen molar-refractivity contribution in [3.8, 4) is 17.2 Å². The summed E-state index contributed by atoms with van der Waals surface area (Å²) in [5.74, 6) is 1.11. The van der Waals surface area contributed by atoms with Gasteiger partial charge in [-0.15, -0.1) is 0 Å². The molecule has 2 aliphatic carbocycles. The highest BCUT2D eigenvalue weighted by Crippen LogP contribution is 2.37. The number of allylic oxidation sites excluding steroid dienone is 3. The molecule has 60 heavy (non-hydrogen) atoms. The number of aryl methyl sites for hydroxylation is 1. The van der Waals surface area contributed by atoms with Crippen molar-refractivity contribution in [2.75, 3.05) is 84.5 Å². The lowest BCUT2D eigenvalue weighted by Crippen LogP contribution is -2.30. The van der Waals surface area contributed by atoms with Gasteiger partial charge in [0, 0.05) is 50.4 Å². The van der Waals surface area contributed by atoms with Crippen LogP contribution in [0.4, 0.5) is 5.69 Å². The SMILES string of the molecule is Cc1nn(-c2ccc(C(N)=O)c(NCCCOCCOCCOCCOCCOCCCNC(=O)C3=CC=C(Oc4ccc(O)cc4)CC3C)c2)c2c1C(=O)CC(C)(C)C2. The van der Waals surface area contributed by atoms with E-state index >= 15 is 0 Å². The number of ether oxygens (including phenoxy) is 6. The highest BCUT2D eigenvalue weighted by molar-refractivity contribution is 6.00. The van der Waals surface area contributed by atoms with Crippen LogP contribution in [0.1, 0.15) is 78.6 Å². The maximum absolute atomic E-state index is 12.9. The molecule has 2 aromatic carbocycles. The number of Topliss-reactive ketones (excluding diaryl/α,β-unsaturated/α-hetero) is 1. The van der Waals surface area contributed by atoms with E-state index < -0.39 is 5.91 Å². The van der Waals surface area contributed by atoms with Gasteiger partial charge in [-0.05, 0) is 92.1 Å². The first kappa shape index (κ1) is 46.0. The molecule has 0 spiro atoms. The molecule has 5 N–H and O–H groups in total. The summed E-state index contributed by atoms with van der Waals surface area (Å²) >= 11 is 0. The zero-order valence-corrected chi connectivity index (χ0v) is 35.4. The number of hydrogen-bond acceptors (Lipinski definition) is 12. The number of carbonyl (C=O) groups is 3. The van der Waals surface area contributed by atoms with Crippen molar-refractivity contribution in [3.63, 3.8) is 0 Å². The van der Waals surface area contributed by atoms with Gasteiger partial charge in [0.15, 0.2) is 5.78 Å². The normalized spacial score (nSPS) is 15.9. The number of phenolic OH excluding ortho intramolecular Hbond substituents is 1. The number of aromatic hydroxyl groups is 1. The molecular weight excluding hydrogens is 771 g/mol. The number of ketones is 1. The van der Waals surface area contributed by atoms with Crippen LogP contribution >= 0.6 is 0 Å². The second-order valence-corrected chi connectivity index (χ2v) is 15.8. The number of anilines is 1. The number of phenols is 1. The Morgan fingerprint density at radius 1 is 0.850 bits per heavy atom. The molecule has 0 saturated carbocycles. The highest BCUT2D eigenvalue weighted by Gasteiger charge is 2.36. The Bertz CT molecular complexity index is 1960. The van der Waals surface area contributed by atoms with Crippen LogP contribution in [0.5, 0.6) is 11.5 Å². The zero-order valence-electron chi connectivity index (χ0n) is 35.4. The predicted octanol–water partition coefficient (Wildman–Crippen LogP) is 5.46. The Labute approximate surface area is 352 Å². The largest absolute Gasteiger partial charge is 0.508 e. The molecule has 2 aliphatic rings. The highest BCUT2D eigenvalue weighted by atomic mass is 16.6. The van der Waals surface area contributed by atoms with Gasteiger partial charge in [-0.3, -0.25) is 14.4 Å². The summed E-state index contributed by atoms with van der Waals surface area (Å²) in [4.78, 5) is 37.7. The van der Waals surface area contributed by atoms with E-state index in [1.165, 1.54) is 0 Å². The number of carbonyl (C=O) groups excluding carboxylic acids is 3. The van der Waals surface area contributed by atoms with Crippen molar-refractivity contribution >= 4 is 23.3 Å². The van der Waals surface area contributed by atoms with Crippen LogP contribution in [0, 0.1) is 18.3 Å². The lowest BCUT2D eigenvalue weighted by Gasteiger charge is -2.29. The summed E-state index contributed by atoms with van der Waals surface area (Å²) in [6, 6.07) is 11.9. The third-order valence-electron chi connectivity index (χ3n) is 10.1. The summed E-state index contributed by atoms with van der Waals surface area (Å²) in [6.07, 6.45) is 6.85. The van der Waals surface area contributed by atoms with Crippen molar-refractivity contribution in [1.82, 2.24) is 15.1 Å². The number of nitrogens with one attached hydrogen (secondary N) is 2. The van der Waals surface area contributed by atoms with Gasteiger partial charge in [0.05, 0.1) is 81.1 Å². The Kier molecular flexibility index (Phi) is 17.7. The quantitative estimate of drug-likeness (QED) is 0.0748. The molecule has 1 aromatic heterocycles. The first-order valence-corrected chi connectivity index (χ1v) is 20.8. The fraction of sp³-hybridized carbons (Fsp3) is 0.511. The summed E-state index contributed by atoms with van der Waals surface area (Å²) in [6.45, 7) is 13.8. The van der Waals surface area contributed by atoms with E-state index in [4.69, 9.17) is 39.3 Å². The number of nitrogens with two attached hydrogens (primary N) is 1. The molecule has 0 saturated heterocycles. The lowest BCUT2D eigenvalue weighted by molar-refractivity contribution is -0.118. The minimum absolute atomic E-state index is 0.0198. The predicted molar refractivity (Wildman–Crippen MR) is 227 cm³/mol. The van der Waals surface area contributed by atoms with Gasteiger partial charge < -0.3 is 49.9 Å². The molecule has 326 valence electrons. The third-order valence-corrected chi connectivity index (χ3v) is 10.1. The standard InChI is InChI=1S/C45H61N5O10/c1-31-27-36(60-35-10-8-34(51)9-11-35)12-14-37(31)44(54)48-16-6-18-56-20-22-58-24-26-59-25-23-57-21-19-55-17-5-15-47-39-28-33(7-13-38(39)43(46)53)50-40-29-45(3,4)30-41(52)42(40)32(2)49-50/h7-14,28,31,47,51H,5-6,15-27,29-30H2,1-4H3,(H2,46,53)(H,48,54). The summed E-state index contributed by atoms with van der Waals surface area (Å²) < 4.78 is 35.7. The number of amides is 2. The van der Waals surface area contributed by atoms with E-state index in [2.05, 4.69) is 24.5 Å². The molecule has 15 nitrogen and oxygen atoms in total. The average molecular weight is 832 g/mol. The fourth-order valence-corrected chi connectivity index (χ4v) is 7.10. The Morgan fingerprint density at radius 3 is 2.05 bits per heavy atom. The van der Waals surface area contributed by atoms with Crippen LogP contribution in [-0.4, -0.2) is 112 Å². The number of rotatable bonds is 26. The molecular formula is C45H61N5O10.